The van der Waals surface area contributed by atoms with Crippen LogP contribution in [0, 0.1) is 13.8 Å². The number of carbonyl (C=O) groups excluding carboxylic acids is 2. The van der Waals surface area contributed by atoms with E-state index in [9.17, 15) is 18.0 Å². The summed E-state index contributed by atoms with van der Waals surface area (Å²) >= 11 is 0. The average Bonchev–Trinajstić information content (AvgIpc) is 2.88. The molecule has 1 N–H and O–H groups in total. The average molecular weight is 508 g/mol. The van der Waals surface area contributed by atoms with Gasteiger partial charge in [-0.25, -0.2) is 8.42 Å². The SMILES string of the molecule is CC[C@H](C(=O)NC)N(Cc1ccc(C)cc1)C(=O)CN(c1cccc(C)c1)S(=O)(=O)c1ccccc1. The highest BCUT2D eigenvalue weighted by molar-refractivity contribution is 7.92. The van der Waals surface area contributed by atoms with Crippen LogP contribution in [0.1, 0.15) is 30.0 Å². The van der Waals surface area contributed by atoms with Crippen molar-refractivity contribution in [1.82, 2.24) is 10.2 Å². The van der Waals surface area contributed by atoms with Gasteiger partial charge in [0, 0.05) is 13.6 Å². The second kappa shape index (κ2) is 11.9. The first-order valence-electron chi connectivity index (χ1n) is 11.9. The molecule has 190 valence electrons. The molecule has 3 rings (SSSR count). The molecule has 0 aromatic heterocycles. The van der Waals surface area contributed by atoms with Gasteiger partial charge in [0.05, 0.1) is 10.6 Å². The van der Waals surface area contributed by atoms with Crippen molar-refractivity contribution < 1.29 is 18.0 Å². The molecule has 0 saturated heterocycles. The largest absolute Gasteiger partial charge is 0.357 e. The molecule has 8 heteroatoms. The lowest BCUT2D eigenvalue weighted by Gasteiger charge is -2.33. The normalized spacial score (nSPS) is 12.0. The number of aryl methyl sites for hydroxylation is 2. The molecule has 0 aliphatic rings. The number of hydrogen-bond acceptors (Lipinski definition) is 4. The molecule has 0 saturated carbocycles. The van der Waals surface area contributed by atoms with E-state index in [-0.39, 0.29) is 17.3 Å². The number of rotatable bonds is 10. The third-order valence-electron chi connectivity index (χ3n) is 6.01. The Morgan fingerprint density at radius 3 is 2.14 bits per heavy atom. The maximum atomic E-state index is 13.8. The number of nitrogens with one attached hydrogen (secondary N) is 1. The van der Waals surface area contributed by atoms with Crippen LogP contribution in [0.5, 0.6) is 0 Å². The molecule has 0 radical (unpaired) electrons. The molecule has 36 heavy (non-hydrogen) atoms. The van der Waals surface area contributed by atoms with Crippen LogP contribution < -0.4 is 9.62 Å². The van der Waals surface area contributed by atoms with Gasteiger partial charge in [-0.3, -0.25) is 13.9 Å². The number of sulfonamides is 1. The molecule has 0 aliphatic carbocycles. The maximum absolute atomic E-state index is 13.8. The maximum Gasteiger partial charge on any atom is 0.264 e. The molecular formula is C28H33N3O4S. The van der Waals surface area contributed by atoms with Crippen molar-refractivity contribution in [3.05, 3.63) is 95.6 Å². The van der Waals surface area contributed by atoms with Gasteiger partial charge < -0.3 is 10.2 Å². The molecule has 3 aromatic carbocycles. The van der Waals surface area contributed by atoms with Gasteiger partial charge in [0.1, 0.15) is 12.6 Å². The van der Waals surface area contributed by atoms with Crippen molar-refractivity contribution in [3.8, 4) is 0 Å². The lowest BCUT2D eigenvalue weighted by molar-refractivity contribution is -0.140. The summed E-state index contributed by atoms with van der Waals surface area (Å²) in [4.78, 5) is 28.1. The van der Waals surface area contributed by atoms with Crippen LogP contribution >= 0.6 is 0 Å². The summed E-state index contributed by atoms with van der Waals surface area (Å²) in [5, 5.41) is 2.63. The second-order valence-electron chi connectivity index (χ2n) is 8.71. The standard InChI is InChI=1S/C28H33N3O4S/c1-5-26(28(33)29-4)30(19-23-16-14-21(2)15-17-23)27(32)20-31(24-11-9-10-22(3)18-24)36(34,35)25-12-7-6-8-13-25/h6-18,26H,5,19-20H2,1-4H3,(H,29,33)/t26-/m1/s1. The first-order valence-corrected chi connectivity index (χ1v) is 13.3. The van der Waals surface area contributed by atoms with Crippen molar-refractivity contribution in [3.63, 3.8) is 0 Å². The molecule has 7 nitrogen and oxygen atoms in total. The van der Waals surface area contributed by atoms with Crippen LogP contribution in [0.2, 0.25) is 0 Å². The molecule has 1 atom stereocenters. The van der Waals surface area contributed by atoms with Gasteiger partial charge in [0.2, 0.25) is 11.8 Å². The number of likely N-dealkylation sites (N-methyl/N-ethyl adjacent to an activating group) is 1. The van der Waals surface area contributed by atoms with E-state index in [4.69, 9.17) is 0 Å². The third-order valence-corrected chi connectivity index (χ3v) is 7.79. The highest BCUT2D eigenvalue weighted by Crippen LogP contribution is 2.25. The van der Waals surface area contributed by atoms with Gasteiger partial charge in [-0.1, -0.05) is 67.1 Å². The van der Waals surface area contributed by atoms with E-state index in [1.807, 2.05) is 51.1 Å². The Morgan fingerprint density at radius 1 is 0.889 bits per heavy atom. The van der Waals surface area contributed by atoms with Crippen molar-refractivity contribution in [2.45, 2.75) is 44.7 Å². The van der Waals surface area contributed by atoms with Crippen LogP contribution in [-0.4, -0.2) is 44.8 Å². The summed E-state index contributed by atoms with van der Waals surface area (Å²) in [5.74, 6) is -0.766. The minimum atomic E-state index is -4.05. The zero-order chi connectivity index (χ0) is 26.3. The monoisotopic (exact) mass is 507 g/mol. The lowest BCUT2D eigenvalue weighted by atomic mass is 10.1. The molecule has 0 unspecified atom stereocenters. The highest BCUT2D eigenvalue weighted by atomic mass is 32.2. The topological polar surface area (TPSA) is 86.8 Å². The van der Waals surface area contributed by atoms with Crippen LogP contribution in [0.15, 0.2) is 83.8 Å². The fourth-order valence-corrected chi connectivity index (χ4v) is 5.43. The van der Waals surface area contributed by atoms with Crippen molar-refractivity contribution in [2.24, 2.45) is 0 Å². The lowest BCUT2D eigenvalue weighted by Crippen LogP contribution is -2.51. The fraction of sp³-hybridized carbons (Fsp3) is 0.286. The van der Waals surface area contributed by atoms with E-state index < -0.39 is 28.5 Å². The first kappa shape index (κ1) is 26.9. The number of benzene rings is 3. The number of carbonyl (C=O) groups is 2. The fourth-order valence-electron chi connectivity index (χ4n) is 4.01. The van der Waals surface area contributed by atoms with E-state index in [0.717, 1.165) is 21.0 Å². The molecule has 0 heterocycles. The summed E-state index contributed by atoms with van der Waals surface area (Å²) in [6, 6.07) is 22.0. The number of amides is 2. The Balaban J connectivity index is 2.04. The summed E-state index contributed by atoms with van der Waals surface area (Å²) in [6.07, 6.45) is 0.382. The summed E-state index contributed by atoms with van der Waals surface area (Å²) in [5.41, 5.74) is 3.18. The second-order valence-corrected chi connectivity index (χ2v) is 10.6. The van der Waals surface area contributed by atoms with E-state index in [1.165, 1.54) is 24.1 Å². The molecular weight excluding hydrogens is 474 g/mol. The van der Waals surface area contributed by atoms with Gasteiger partial charge >= 0.3 is 0 Å². The van der Waals surface area contributed by atoms with Crippen LogP contribution in [0.25, 0.3) is 0 Å². The Labute approximate surface area is 213 Å². The Bertz CT molecular complexity index is 1290. The minimum absolute atomic E-state index is 0.0859. The van der Waals surface area contributed by atoms with Gasteiger partial charge in [0.25, 0.3) is 10.0 Å². The van der Waals surface area contributed by atoms with Crippen molar-refractivity contribution in [2.75, 3.05) is 17.9 Å². The molecule has 0 fully saturated rings. The van der Waals surface area contributed by atoms with E-state index in [2.05, 4.69) is 5.32 Å². The zero-order valence-electron chi connectivity index (χ0n) is 21.1. The molecule has 2 amide bonds. The van der Waals surface area contributed by atoms with Crippen LogP contribution in [0.4, 0.5) is 5.69 Å². The van der Waals surface area contributed by atoms with Gasteiger partial charge in [0.15, 0.2) is 0 Å². The number of hydrogen-bond donors (Lipinski definition) is 1. The van der Waals surface area contributed by atoms with Crippen LogP contribution in [-0.2, 0) is 26.2 Å². The van der Waals surface area contributed by atoms with Gasteiger partial charge in [-0.15, -0.1) is 0 Å². The summed E-state index contributed by atoms with van der Waals surface area (Å²) in [6.45, 7) is 5.40. The Hall–Kier alpha value is -3.65. The van der Waals surface area contributed by atoms with E-state index in [1.54, 1.807) is 36.4 Å². The van der Waals surface area contributed by atoms with E-state index in [0.29, 0.717) is 12.1 Å². The van der Waals surface area contributed by atoms with E-state index >= 15 is 0 Å². The Kier molecular flexibility index (Phi) is 8.88. The van der Waals surface area contributed by atoms with Gasteiger partial charge in [-0.2, -0.15) is 0 Å². The molecule has 0 aliphatic heterocycles. The minimum Gasteiger partial charge on any atom is -0.357 e. The Morgan fingerprint density at radius 2 is 1.56 bits per heavy atom. The third kappa shape index (κ3) is 6.31. The highest BCUT2D eigenvalue weighted by Gasteiger charge is 2.33. The molecule has 0 spiro atoms. The van der Waals surface area contributed by atoms with Gasteiger partial charge in [-0.05, 0) is 55.7 Å². The van der Waals surface area contributed by atoms with Crippen LogP contribution in [0.3, 0.4) is 0 Å². The molecule has 3 aromatic rings. The molecule has 0 bridgehead atoms. The zero-order valence-corrected chi connectivity index (χ0v) is 22.0. The predicted molar refractivity (Wildman–Crippen MR) is 142 cm³/mol. The quantitative estimate of drug-likeness (QED) is 0.449. The van der Waals surface area contributed by atoms with Crippen molar-refractivity contribution in [1.29, 1.82) is 0 Å². The summed E-state index contributed by atoms with van der Waals surface area (Å²) in [7, 11) is -2.52. The first-order chi connectivity index (χ1) is 17.2. The number of nitrogens with zero attached hydrogens (tertiary/aromatic N) is 2. The summed E-state index contributed by atoms with van der Waals surface area (Å²) < 4.78 is 28.5. The number of anilines is 1. The predicted octanol–water partition coefficient (Wildman–Crippen LogP) is 4.05. The smallest absolute Gasteiger partial charge is 0.264 e. The van der Waals surface area contributed by atoms with Crippen molar-refractivity contribution >= 4 is 27.5 Å².